The van der Waals surface area contributed by atoms with Gasteiger partial charge in [0.15, 0.2) is 0 Å². The number of carbonyl (C=O) groups excluding carboxylic acids is 1. The third-order valence-corrected chi connectivity index (χ3v) is 7.50. The molecule has 0 unspecified atom stereocenters. The average Bonchev–Trinajstić information content (AvgIpc) is 3.19. The number of carbonyl (C=O) groups is 1. The van der Waals surface area contributed by atoms with Crippen molar-refractivity contribution in [3.63, 3.8) is 0 Å². The second-order valence-corrected chi connectivity index (χ2v) is 10.4. The van der Waals surface area contributed by atoms with Gasteiger partial charge in [-0.1, -0.05) is 60.7 Å². The highest BCUT2D eigenvalue weighted by atomic mass is 32.2. The van der Waals surface area contributed by atoms with Crippen LogP contribution in [0.25, 0.3) is 11.0 Å². The lowest BCUT2D eigenvalue weighted by atomic mass is 10.0. The lowest BCUT2D eigenvalue weighted by molar-refractivity contribution is -0.121. The predicted octanol–water partition coefficient (Wildman–Crippen LogP) is 3.33. The number of rotatable bonds is 8. The topological polar surface area (TPSA) is 96.7 Å². The number of sulfonamides is 1. The van der Waals surface area contributed by atoms with E-state index in [4.69, 9.17) is 0 Å². The molecule has 3 aromatic carbocycles. The van der Waals surface area contributed by atoms with Gasteiger partial charge in [-0.25, -0.2) is 23.1 Å². The van der Waals surface area contributed by atoms with E-state index in [1.54, 1.807) is 18.2 Å². The van der Waals surface area contributed by atoms with E-state index in [0.717, 1.165) is 16.6 Å². The molecule has 4 aromatic rings. The van der Waals surface area contributed by atoms with Crippen LogP contribution >= 0.6 is 0 Å². The van der Waals surface area contributed by atoms with Gasteiger partial charge >= 0.3 is 0 Å². The molecular formula is C26H27N5O3S. The maximum Gasteiger partial charge on any atom is 0.242 e. The summed E-state index contributed by atoms with van der Waals surface area (Å²) in [4.78, 5) is 17.4. The summed E-state index contributed by atoms with van der Waals surface area (Å²) in [7, 11) is 1.28. The highest BCUT2D eigenvalue weighted by Crippen LogP contribution is 2.22. The number of hydrogen-bond donors (Lipinski definition) is 1. The molecule has 0 spiro atoms. The standard InChI is InChI=1S/C26H27N5O3S/c1-30(2)35(33,34)21-14-15-23-22(18-21)27-24(31(23)3)16-17-25(32)28-29-26(19-10-6-4-7-11-19)20-12-8-5-9-13-20/h4-15,18H,16-17H2,1-3H3,(H,28,32). The maximum atomic E-state index is 12.6. The number of amides is 1. The minimum Gasteiger partial charge on any atom is -0.331 e. The van der Waals surface area contributed by atoms with Crippen LogP contribution in [-0.4, -0.2) is 48.0 Å². The Morgan fingerprint density at radius 2 is 1.57 bits per heavy atom. The predicted molar refractivity (Wildman–Crippen MR) is 137 cm³/mol. The molecule has 0 aliphatic carbocycles. The number of aryl methyl sites for hydroxylation is 2. The molecular weight excluding hydrogens is 462 g/mol. The van der Waals surface area contributed by atoms with Crippen molar-refractivity contribution >= 4 is 32.7 Å². The lowest BCUT2D eigenvalue weighted by Crippen LogP contribution is -2.22. The Hall–Kier alpha value is -3.82. The highest BCUT2D eigenvalue weighted by Gasteiger charge is 2.19. The van der Waals surface area contributed by atoms with Crippen molar-refractivity contribution in [2.75, 3.05) is 14.1 Å². The molecule has 1 N–H and O–H groups in total. The summed E-state index contributed by atoms with van der Waals surface area (Å²) in [6, 6.07) is 24.2. The summed E-state index contributed by atoms with van der Waals surface area (Å²) in [6.07, 6.45) is 0.564. The molecule has 35 heavy (non-hydrogen) atoms. The van der Waals surface area contributed by atoms with Gasteiger partial charge in [0, 0.05) is 45.1 Å². The van der Waals surface area contributed by atoms with Crippen LogP contribution in [0.3, 0.4) is 0 Å². The summed E-state index contributed by atoms with van der Waals surface area (Å²) in [6.45, 7) is 0. The Bertz CT molecular complexity index is 1440. The van der Waals surface area contributed by atoms with Gasteiger partial charge in [-0.15, -0.1) is 0 Å². The molecule has 1 heterocycles. The van der Waals surface area contributed by atoms with E-state index in [1.807, 2.05) is 72.3 Å². The molecule has 0 atom stereocenters. The minimum absolute atomic E-state index is 0.181. The first kappa shape index (κ1) is 24.3. The van der Waals surface area contributed by atoms with Crippen LogP contribution in [0.1, 0.15) is 23.4 Å². The van der Waals surface area contributed by atoms with Crippen LogP contribution in [0.2, 0.25) is 0 Å². The third-order valence-electron chi connectivity index (χ3n) is 5.69. The second-order valence-electron chi connectivity index (χ2n) is 8.25. The summed E-state index contributed by atoms with van der Waals surface area (Å²) in [5.74, 6) is 0.446. The fraction of sp³-hybridized carbons (Fsp3) is 0.192. The number of imidazole rings is 1. The van der Waals surface area contributed by atoms with Gasteiger partial charge in [-0.3, -0.25) is 4.79 Å². The third kappa shape index (κ3) is 5.31. The summed E-state index contributed by atoms with van der Waals surface area (Å²) in [5, 5.41) is 4.42. The Morgan fingerprint density at radius 1 is 0.971 bits per heavy atom. The van der Waals surface area contributed by atoms with E-state index in [1.165, 1.54) is 18.4 Å². The summed E-state index contributed by atoms with van der Waals surface area (Å²) in [5.41, 5.74) is 6.52. The molecule has 1 amide bonds. The maximum absolute atomic E-state index is 12.6. The Balaban J connectivity index is 1.50. The largest absolute Gasteiger partial charge is 0.331 e. The minimum atomic E-state index is -3.55. The Labute approximate surface area is 205 Å². The van der Waals surface area contributed by atoms with E-state index in [-0.39, 0.29) is 17.2 Å². The van der Waals surface area contributed by atoms with Crippen molar-refractivity contribution in [1.29, 1.82) is 0 Å². The Kier molecular flexibility index (Phi) is 7.09. The lowest BCUT2D eigenvalue weighted by Gasteiger charge is -2.10. The smallest absolute Gasteiger partial charge is 0.242 e. The molecule has 0 aliphatic rings. The summed E-state index contributed by atoms with van der Waals surface area (Å²) < 4.78 is 27.9. The van der Waals surface area contributed by atoms with Crippen LogP contribution in [0, 0.1) is 0 Å². The number of fused-ring (bicyclic) bond motifs is 1. The van der Waals surface area contributed by atoms with Crippen molar-refractivity contribution < 1.29 is 13.2 Å². The quantitative estimate of drug-likeness (QED) is 0.303. The van der Waals surface area contributed by atoms with E-state index < -0.39 is 10.0 Å². The molecule has 8 nitrogen and oxygen atoms in total. The van der Waals surface area contributed by atoms with Crippen molar-refractivity contribution in [3.8, 4) is 0 Å². The first-order valence-electron chi connectivity index (χ1n) is 11.1. The van der Waals surface area contributed by atoms with E-state index >= 15 is 0 Å². The molecule has 1 aromatic heterocycles. The fourth-order valence-corrected chi connectivity index (χ4v) is 4.63. The SMILES string of the molecule is CN(C)S(=O)(=O)c1ccc2c(c1)nc(CCC(=O)NN=C(c1ccccc1)c1ccccc1)n2C. The Morgan fingerprint density at radius 3 is 2.14 bits per heavy atom. The number of hydrogen-bond acceptors (Lipinski definition) is 5. The number of benzene rings is 3. The van der Waals surface area contributed by atoms with Gasteiger partial charge < -0.3 is 4.57 Å². The zero-order chi connectivity index (χ0) is 25.0. The van der Waals surface area contributed by atoms with Gasteiger partial charge in [0.05, 0.1) is 21.6 Å². The van der Waals surface area contributed by atoms with Crippen LogP contribution in [-0.2, 0) is 28.3 Å². The van der Waals surface area contributed by atoms with Gasteiger partial charge in [0.25, 0.3) is 0 Å². The van der Waals surface area contributed by atoms with E-state index in [0.29, 0.717) is 23.5 Å². The van der Waals surface area contributed by atoms with Gasteiger partial charge in [-0.2, -0.15) is 5.10 Å². The van der Waals surface area contributed by atoms with Crippen LogP contribution < -0.4 is 5.43 Å². The molecule has 0 bridgehead atoms. The number of aromatic nitrogens is 2. The highest BCUT2D eigenvalue weighted by molar-refractivity contribution is 7.89. The first-order valence-corrected chi connectivity index (χ1v) is 12.6. The molecule has 4 rings (SSSR count). The normalized spacial score (nSPS) is 11.5. The number of nitrogens with one attached hydrogen (secondary N) is 1. The second kappa shape index (κ2) is 10.2. The molecule has 0 saturated carbocycles. The zero-order valence-electron chi connectivity index (χ0n) is 19.8. The molecule has 0 radical (unpaired) electrons. The van der Waals surface area contributed by atoms with Gasteiger partial charge in [0.2, 0.25) is 15.9 Å². The van der Waals surface area contributed by atoms with Crippen LogP contribution in [0.4, 0.5) is 0 Å². The van der Waals surface area contributed by atoms with Crippen LogP contribution in [0.5, 0.6) is 0 Å². The van der Waals surface area contributed by atoms with Crippen molar-refractivity contribution in [1.82, 2.24) is 19.3 Å². The zero-order valence-corrected chi connectivity index (χ0v) is 20.7. The number of hydrazone groups is 1. The fourth-order valence-electron chi connectivity index (χ4n) is 3.71. The van der Waals surface area contributed by atoms with Gasteiger partial charge in [0.1, 0.15) is 5.82 Å². The van der Waals surface area contributed by atoms with Gasteiger partial charge in [-0.05, 0) is 18.2 Å². The summed E-state index contributed by atoms with van der Waals surface area (Å²) >= 11 is 0. The van der Waals surface area contributed by atoms with Crippen molar-refractivity contribution in [2.45, 2.75) is 17.7 Å². The number of nitrogens with zero attached hydrogens (tertiary/aromatic N) is 4. The van der Waals surface area contributed by atoms with Crippen molar-refractivity contribution in [2.24, 2.45) is 12.1 Å². The van der Waals surface area contributed by atoms with E-state index in [2.05, 4.69) is 15.5 Å². The monoisotopic (exact) mass is 489 g/mol. The molecule has 9 heteroatoms. The average molecular weight is 490 g/mol. The van der Waals surface area contributed by atoms with Crippen LogP contribution in [0.15, 0.2) is 88.9 Å². The van der Waals surface area contributed by atoms with Crippen molar-refractivity contribution in [3.05, 3.63) is 95.8 Å². The molecule has 180 valence electrons. The first-order chi connectivity index (χ1) is 16.8. The van der Waals surface area contributed by atoms with E-state index in [9.17, 15) is 13.2 Å². The molecule has 0 aliphatic heterocycles. The molecule has 0 fully saturated rings. The molecule has 0 saturated heterocycles.